The van der Waals surface area contributed by atoms with Gasteiger partial charge in [-0.2, -0.15) is 13.2 Å². The van der Waals surface area contributed by atoms with Crippen LogP contribution in [0, 0.1) is 0 Å². The zero-order valence-electron chi connectivity index (χ0n) is 22.3. The van der Waals surface area contributed by atoms with E-state index >= 15 is 0 Å². The molecule has 4 aromatic rings. The number of rotatable bonds is 13. The van der Waals surface area contributed by atoms with Crippen LogP contribution in [0.4, 0.5) is 13.2 Å². The number of benzene rings is 4. The number of carboxylic acid groups (broad SMARTS) is 1. The van der Waals surface area contributed by atoms with Crippen LogP contribution in [0.5, 0.6) is 5.75 Å². The topological polar surface area (TPSA) is 58.6 Å². The fourth-order valence-electron chi connectivity index (χ4n) is 5.02. The van der Waals surface area contributed by atoms with Crippen LogP contribution in [0.15, 0.2) is 103 Å². The van der Waals surface area contributed by atoms with Crippen LogP contribution in [0.3, 0.4) is 0 Å². The van der Waals surface area contributed by atoms with Gasteiger partial charge in [-0.25, -0.2) is 0 Å². The zero-order valence-corrected chi connectivity index (χ0v) is 23.1. The summed E-state index contributed by atoms with van der Waals surface area (Å²) in [5.74, 6) is -0.302. The lowest BCUT2D eigenvalue weighted by Crippen LogP contribution is -2.42. The van der Waals surface area contributed by atoms with Gasteiger partial charge in [-0.05, 0) is 59.8 Å². The van der Waals surface area contributed by atoms with Crippen molar-refractivity contribution in [3.63, 3.8) is 0 Å². The molecule has 0 amide bonds. The number of halogens is 4. The lowest BCUT2D eigenvalue weighted by atomic mass is 9.70. The van der Waals surface area contributed by atoms with Crippen molar-refractivity contribution < 1.29 is 27.8 Å². The first kappa shape index (κ1) is 30.2. The number of ether oxygens (including phenoxy) is 1. The number of hydrogen-bond acceptors (Lipinski definition) is 3. The molecule has 0 unspecified atom stereocenters. The number of nitrogens with one attached hydrogen (secondary N) is 1. The van der Waals surface area contributed by atoms with E-state index in [0.717, 1.165) is 17.2 Å². The van der Waals surface area contributed by atoms with E-state index in [2.05, 4.69) is 5.32 Å². The SMILES string of the molecule is O=C(O)Cc1cccc(OCCCNCC(Cc2cccc(C(F)(F)F)c2Cl)(c2ccccc2)c2ccccc2)c1. The molecule has 214 valence electrons. The van der Waals surface area contributed by atoms with E-state index in [9.17, 15) is 18.0 Å². The number of carboxylic acids is 1. The molecule has 0 radical (unpaired) electrons. The Morgan fingerprint density at radius 1 is 0.854 bits per heavy atom. The molecule has 0 heterocycles. The summed E-state index contributed by atoms with van der Waals surface area (Å²) in [7, 11) is 0. The van der Waals surface area contributed by atoms with Gasteiger partial charge in [0.1, 0.15) is 5.75 Å². The molecular weight excluding hydrogens is 551 g/mol. The molecule has 0 spiro atoms. The summed E-state index contributed by atoms with van der Waals surface area (Å²) in [4.78, 5) is 11.0. The highest BCUT2D eigenvalue weighted by Crippen LogP contribution is 2.41. The standard InChI is InChI=1S/C33H31ClF3NO3/c34-31-25(11-8-17-29(31)33(35,36)37)22-32(26-12-3-1-4-13-26,27-14-5-2-6-15-27)23-38-18-9-19-41-28-16-7-10-24(20-28)21-30(39)40/h1-8,10-17,20,38H,9,18-19,21-23H2,(H,39,40). The molecule has 0 fully saturated rings. The first-order valence-corrected chi connectivity index (χ1v) is 13.7. The predicted octanol–water partition coefficient (Wildman–Crippen LogP) is 7.57. The Labute approximate surface area is 242 Å². The Bertz CT molecular complexity index is 1390. The zero-order chi connectivity index (χ0) is 29.3. The van der Waals surface area contributed by atoms with Crippen molar-refractivity contribution >= 4 is 17.6 Å². The molecule has 0 aliphatic heterocycles. The molecule has 8 heteroatoms. The van der Waals surface area contributed by atoms with Crippen LogP contribution < -0.4 is 10.1 Å². The fourth-order valence-corrected chi connectivity index (χ4v) is 5.32. The van der Waals surface area contributed by atoms with Crippen LogP contribution in [0.1, 0.15) is 34.2 Å². The molecule has 0 aromatic heterocycles. The van der Waals surface area contributed by atoms with Crippen LogP contribution in [-0.2, 0) is 29.2 Å². The van der Waals surface area contributed by atoms with E-state index in [4.69, 9.17) is 21.4 Å². The second kappa shape index (κ2) is 13.7. The summed E-state index contributed by atoms with van der Waals surface area (Å²) < 4.78 is 46.9. The van der Waals surface area contributed by atoms with Crippen LogP contribution in [0.2, 0.25) is 5.02 Å². The average Bonchev–Trinajstić information content (AvgIpc) is 2.95. The average molecular weight is 582 g/mol. The minimum atomic E-state index is -4.55. The maximum atomic E-state index is 13.7. The van der Waals surface area contributed by atoms with Gasteiger partial charge in [0.05, 0.1) is 23.6 Å². The van der Waals surface area contributed by atoms with Gasteiger partial charge in [0.25, 0.3) is 0 Å². The summed E-state index contributed by atoms with van der Waals surface area (Å²) in [6.07, 6.45) is -3.72. The maximum absolute atomic E-state index is 13.7. The second-order valence-electron chi connectivity index (χ2n) is 9.86. The van der Waals surface area contributed by atoms with Crippen LogP contribution >= 0.6 is 11.6 Å². The Morgan fingerprint density at radius 2 is 1.49 bits per heavy atom. The number of hydrogen-bond donors (Lipinski definition) is 2. The van der Waals surface area contributed by atoms with Crippen molar-refractivity contribution in [1.82, 2.24) is 5.32 Å². The van der Waals surface area contributed by atoms with Gasteiger partial charge in [-0.1, -0.05) is 96.5 Å². The van der Waals surface area contributed by atoms with Gasteiger partial charge in [-0.15, -0.1) is 0 Å². The Kier molecular flexibility index (Phi) is 10.1. The first-order valence-electron chi connectivity index (χ1n) is 13.3. The van der Waals surface area contributed by atoms with Crippen molar-refractivity contribution in [2.45, 2.75) is 30.9 Å². The molecule has 0 saturated heterocycles. The quantitative estimate of drug-likeness (QED) is 0.160. The largest absolute Gasteiger partial charge is 0.494 e. The summed E-state index contributed by atoms with van der Waals surface area (Å²) in [5.41, 5.74) is 1.45. The first-order chi connectivity index (χ1) is 19.7. The third kappa shape index (κ3) is 7.90. The molecule has 0 atom stereocenters. The van der Waals surface area contributed by atoms with E-state index < -0.39 is 23.1 Å². The number of carbonyl (C=O) groups is 1. The Hall–Kier alpha value is -3.81. The third-order valence-electron chi connectivity index (χ3n) is 6.98. The van der Waals surface area contributed by atoms with Gasteiger partial charge in [0.2, 0.25) is 0 Å². The number of alkyl halides is 3. The van der Waals surface area contributed by atoms with Crippen molar-refractivity contribution in [2.24, 2.45) is 0 Å². The predicted molar refractivity (Wildman–Crippen MR) is 155 cm³/mol. The minimum Gasteiger partial charge on any atom is -0.494 e. The molecule has 0 aliphatic rings. The molecular formula is C33H31ClF3NO3. The molecule has 2 N–H and O–H groups in total. The van der Waals surface area contributed by atoms with Crippen LogP contribution in [-0.4, -0.2) is 30.8 Å². The molecule has 4 nitrogen and oxygen atoms in total. The van der Waals surface area contributed by atoms with E-state index in [0.29, 0.717) is 43.0 Å². The molecule has 0 saturated carbocycles. The maximum Gasteiger partial charge on any atom is 0.417 e. The summed E-state index contributed by atoms with van der Waals surface area (Å²) >= 11 is 6.38. The highest BCUT2D eigenvalue weighted by molar-refractivity contribution is 6.32. The lowest BCUT2D eigenvalue weighted by molar-refractivity contribution is -0.138. The van der Waals surface area contributed by atoms with Gasteiger partial charge < -0.3 is 15.2 Å². The number of aliphatic carboxylic acids is 1. The Balaban J connectivity index is 1.54. The highest BCUT2D eigenvalue weighted by atomic mass is 35.5. The van der Waals surface area contributed by atoms with E-state index in [1.54, 1.807) is 30.3 Å². The summed E-state index contributed by atoms with van der Waals surface area (Å²) in [6.45, 7) is 1.45. The minimum absolute atomic E-state index is 0.0737. The van der Waals surface area contributed by atoms with Gasteiger partial charge in [-0.3, -0.25) is 4.79 Å². The molecule has 0 bridgehead atoms. The third-order valence-corrected chi connectivity index (χ3v) is 7.42. The summed E-state index contributed by atoms with van der Waals surface area (Å²) in [6, 6.07) is 30.5. The smallest absolute Gasteiger partial charge is 0.417 e. The van der Waals surface area contributed by atoms with E-state index in [-0.39, 0.29) is 17.9 Å². The van der Waals surface area contributed by atoms with Crippen molar-refractivity contribution in [1.29, 1.82) is 0 Å². The van der Waals surface area contributed by atoms with Crippen molar-refractivity contribution in [3.05, 3.63) is 136 Å². The van der Waals surface area contributed by atoms with E-state index in [1.165, 1.54) is 6.07 Å². The van der Waals surface area contributed by atoms with Gasteiger partial charge in [0.15, 0.2) is 0 Å². The summed E-state index contributed by atoms with van der Waals surface area (Å²) in [5, 5.41) is 12.2. The van der Waals surface area contributed by atoms with E-state index in [1.807, 2.05) is 60.7 Å². The molecule has 41 heavy (non-hydrogen) atoms. The molecule has 4 aromatic carbocycles. The molecule has 0 aliphatic carbocycles. The molecule has 4 rings (SSSR count). The fraction of sp³-hybridized carbons (Fsp3) is 0.242. The second-order valence-corrected chi connectivity index (χ2v) is 10.2. The van der Waals surface area contributed by atoms with Gasteiger partial charge in [0, 0.05) is 12.0 Å². The Morgan fingerprint density at radius 3 is 2.10 bits per heavy atom. The van der Waals surface area contributed by atoms with Gasteiger partial charge >= 0.3 is 12.1 Å². The lowest BCUT2D eigenvalue weighted by Gasteiger charge is -2.36. The van der Waals surface area contributed by atoms with Crippen molar-refractivity contribution in [2.75, 3.05) is 19.7 Å². The van der Waals surface area contributed by atoms with Crippen LogP contribution in [0.25, 0.3) is 0 Å². The monoisotopic (exact) mass is 581 g/mol. The highest BCUT2D eigenvalue weighted by Gasteiger charge is 2.38. The normalized spacial score (nSPS) is 11.8. The van der Waals surface area contributed by atoms with Crippen molar-refractivity contribution in [3.8, 4) is 5.75 Å².